The third-order valence-electron chi connectivity index (χ3n) is 5.35. The first kappa shape index (κ1) is 19.9. The lowest BCUT2D eigenvalue weighted by Crippen LogP contribution is -2.28. The van der Waals surface area contributed by atoms with Crippen molar-refractivity contribution in [1.82, 2.24) is 5.32 Å². The fraction of sp³-hybridized carbons (Fsp3) is 0.250. The monoisotopic (exact) mass is 405 g/mol. The minimum atomic E-state index is -0.451. The number of anilines is 2. The van der Waals surface area contributed by atoms with Crippen LogP contribution in [0.5, 0.6) is 0 Å². The molecular formula is C24H24FN3O2. The smallest absolute Gasteiger partial charge is 0.251 e. The number of fused-ring (bicyclic) bond motifs is 1. The van der Waals surface area contributed by atoms with Crippen LogP contribution >= 0.6 is 0 Å². The maximum Gasteiger partial charge on any atom is 0.251 e. The van der Waals surface area contributed by atoms with E-state index in [1.54, 1.807) is 12.1 Å². The Hall–Kier alpha value is -3.41. The second-order valence-corrected chi connectivity index (χ2v) is 7.44. The molecule has 2 amide bonds. The average Bonchev–Trinajstić information content (AvgIpc) is 3.29. The van der Waals surface area contributed by atoms with E-state index in [0.29, 0.717) is 11.3 Å². The highest BCUT2D eigenvalue weighted by Crippen LogP contribution is 2.31. The predicted octanol–water partition coefficient (Wildman–Crippen LogP) is 4.34. The molecule has 30 heavy (non-hydrogen) atoms. The number of hydrogen-bond acceptors (Lipinski definition) is 3. The van der Waals surface area contributed by atoms with E-state index in [0.717, 1.165) is 36.7 Å². The maximum absolute atomic E-state index is 14.4. The zero-order chi connectivity index (χ0) is 20.9. The van der Waals surface area contributed by atoms with Crippen LogP contribution in [-0.2, 0) is 4.79 Å². The zero-order valence-corrected chi connectivity index (χ0v) is 16.7. The first-order valence-electron chi connectivity index (χ1n) is 10.2. The lowest BCUT2D eigenvalue weighted by molar-refractivity contribution is -0.116. The van der Waals surface area contributed by atoms with Gasteiger partial charge in [0, 0.05) is 31.6 Å². The summed E-state index contributed by atoms with van der Waals surface area (Å²) in [6.07, 6.45) is 2.18. The van der Waals surface area contributed by atoms with Crippen LogP contribution in [0.25, 0.3) is 10.8 Å². The Labute approximate surface area is 174 Å². The molecule has 5 nitrogen and oxygen atoms in total. The van der Waals surface area contributed by atoms with Crippen LogP contribution in [0.15, 0.2) is 60.7 Å². The Kier molecular flexibility index (Phi) is 5.93. The topological polar surface area (TPSA) is 61.4 Å². The minimum absolute atomic E-state index is 0.0626. The number of halogens is 1. The van der Waals surface area contributed by atoms with Gasteiger partial charge in [0.15, 0.2) is 0 Å². The molecule has 0 atom stereocenters. The number of carbonyl (C=O) groups excluding carboxylic acids is 2. The maximum atomic E-state index is 14.4. The molecular weight excluding hydrogens is 381 g/mol. The van der Waals surface area contributed by atoms with Gasteiger partial charge in [-0.25, -0.2) is 4.39 Å². The third kappa shape index (κ3) is 4.43. The van der Waals surface area contributed by atoms with E-state index in [9.17, 15) is 14.0 Å². The molecule has 2 N–H and O–H groups in total. The molecule has 0 aliphatic carbocycles. The Balaban J connectivity index is 1.34. The molecule has 3 aromatic carbocycles. The summed E-state index contributed by atoms with van der Waals surface area (Å²) in [7, 11) is 0. The molecule has 0 spiro atoms. The van der Waals surface area contributed by atoms with Gasteiger partial charge in [0.05, 0.1) is 5.69 Å². The highest BCUT2D eigenvalue weighted by atomic mass is 19.1. The second kappa shape index (κ2) is 8.95. The molecule has 1 saturated heterocycles. The van der Waals surface area contributed by atoms with Crippen molar-refractivity contribution in [3.8, 4) is 0 Å². The number of nitrogens with one attached hydrogen (secondary N) is 2. The van der Waals surface area contributed by atoms with Crippen molar-refractivity contribution in [2.45, 2.75) is 19.3 Å². The zero-order valence-electron chi connectivity index (χ0n) is 16.7. The molecule has 3 aromatic rings. The Morgan fingerprint density at radius 1 is 0.933 bits per heavy atom. The summed E-state index contributed by atoms with van der Waals surface area (Å²) < 4.78 is 14.4. The number of rotatable bonds is 6. The van der Waals surface area contributed by atoms with E-state index < -0.39 is 5.82 Å². The van der Waals surface area contributed by atoms with Crippen molar-refractivity contribution in [3.05, 3.63) is 72.0 Å². The fourth-order valence-corrected chi connectivity index (χ4v) is 3.78. The number of carbonyl (C=O) groups is 2. The largest absolute Gasteiger partial charge is 0.370 e. The fourth-order valence-electron chi connectivity index (χ4n) is 3.78. The number of para-hydroxylation sites is 1. The summed E-state index contributed by atoms with van der Waals surface area (Å²) in [4.78, 5) is 26.9. The molecule has 0 bridgehead atoms. The molecule has 154 valence electrons. The summed E-state index contributed by atoms with van der Waals surface area (Å²) in [6, 6.07) is 18.1. The number of hydrogen-bond donors (Lipinski definition) is 2. The van der Waals surface area contributed by atoms with Gasteiger partial charge in [-0.15, -0.1) is 0 Å². The number of amides is 2. The van der Waals surface area contributed by atoms with Gasteiger partial charge in [0.2, 0.25) is 5.91 Å². The van der Waals surface area contributed by atoms with Crippen molar-refractivity contribution in [1.29, 1.82) is 0 Å². The Bertz CT molecular complexity index is 1080. The van der Waals surface area contributed by atoms with E-state index >= 15 is 0 Å². The molecule has 1 aliphatic rings. The van der Waals surface area contributed by atoms with Crippen molar-refractivity contribution in [3.63, 3.8) is 0 Å². The average molecular weight is 405 g/mol. The van der Waals surface area contributed by atoms with Crippen LogP contribution < -0.4 is 15.5 Å². The standard InChI is InChI=1S/C24H24FN3O2/c25-20-8-5-9-21(28-14-3-4-15-28)23(20)27-22(29)12-13-26-24(30)19-11-10-17-6-1-2-7-18(17)16-19/h1-2,5-11,16H,3-4,12-15H2,(H,26,30)(H,27,29). The predicted molar refractivity (Wildman–Crippen MR) is 117 cm³/mol. The summed E-state index contributed by atoms with van der Waals surface area (Å²) in [5, 5.41) is 7.49. The summed E-state index contributed by atoms with van der Waals surface area (Å²) in [5.74, 6) is -1.02. The highest BCUT2D eigenvalue weighted by molar-refractivity contribution is 5.99. The van der Waals surface area contributed by atoms with E-state index in [1.807, 2.05) is 42.5 Å². The van der Waals surface area contributed by atoms with Gasteiger partial charge in [-0.05, 0) is 47.9 Å². The molecule has 0 radical (unpaired) electrons. The van der Waals surface area contributed by atoms with E-state index in [1.165, 1.54) is 6.07 Å². The Morgan fingerprint density at radius 2 is 1.70 bits per heavy atom. The summed E-state index contributed by atoms with van der Waals surface area (Å²) in [5.41, 5.74) is 1.46. The lowest BCUT2D eigenvalue weighted by atomic mass is 10.1. The number of nitrogens with zero attached hydrogens (tertiary/aromatic N) is 1. The van der Waals surface area contributed by atoms with Gasteiger partial charge >= 0.3 is 0 Å². The van der Waals surface area contributed by atoms with Crippen LogP contribution in [0.2, 0.25) is 0 Å². The van der Waals surface area contributed by atoms with Crippen LogP contribution in [-0.4, -0.2) is 31.4 Å². The van der Waals surface area contributed by atoms with Crippen molar-refractivity contribution >= 4 is 34.0 Å². The van der Waals surface area contributed by atoms with Crippen LogP contribution in [0, 0.1) is 5.82 Å². The normalized spacial score (nSPS) is 13.4. The highest BCUT2D eigenvalue weighted by Gasteiger charge is 2.19. The quantitative estimate of drug-likeness (QED) is 0.641. The second-order valence-electron chi connectivity index (χ2n) is 7.44. The van der Waals surface area contributed by atoms with Gasteiger partial charge in [0.1, 0.15) is 11.5 Å². The van der Waals surface area contributed by atoms with E-state index in [4.69, 9.17) is 0 Å². The van der Waals surface area contributed by atoms with Gasteiger partial charge in [-0.2, -0.15) is 0 Å². The van der Waals surface area contributed by atoms with Gasteiger partial charge in [0.25, 0.3) is 5.91 Å². The van der Waals surface area contributed by atoms with Crippen LogP contribution in [0.3, 0.4) is 0 Å². The first-order chi connectivity index (χ1) is 14.6. The van der Waals surface area contributed by atoms with E-state index in [2.05, 4.69) is 15.5 Å². The van der Waals surface area contributed by atoms with Crippen molar-refractivity contribution in [2.24, 2.45) is 0 Å². The molecule has 4 rings (SSSR count). The van der Waals surface area contributed by atoms with Crippen molar-refractivity contribution < 1.29 is 14.0 Å². The molecule has 0 aromatic heterocycles. The van der Waals surface area contributed by atoms with Gasteiger partial charge in [-0.1, -0.05) is 36.4 Å². The lowest BCUT2D eigenvalue weighted by Gasteiger charge is -2.22. The first-order valence-corrected chi connectivity index (χ1v) is 10.2. The summed E-state index contributed by atoms with van der Waals surface area (Å²) in [6.45, 7) is 1.88. The van der Waals surface area contributed by atoms with Gasteiger partial charge in [-0.3, -0.25) is 9.59 Å². The Morgan fingerprint density at radius 3 is 2.50 bits per heavy atom. The molecule has 6 heteroatoms. The molecule has 1 heterocycles. The van der Waals surface area contributed by atoms with Gasteiger partial charge < -0.3 is 15.5 Å². The summed E-state index contributed by atoms with van der Waals surface area (Å²) >= 11 is 0. The molecule has 0 unspecified atom stereocenters. The molecule has 0 saturated carbocycles. The van der Waals surface area contributed by atoms with E-state index in [-0.39, 0.29) is 30.5 Å². The van der Waals surface area contributed by atoms with Crippen molar-refractivity contribution in [2.75, 3.05) is 29.9 Å². The molecule has 1 fully saturated rings. The minimum Gasteiger partial charge on any atom is -0.370 e. The SMILES string of the molecule is O=C(CCNC(=O)c1ccc2ccccc2c1)Nc1c(F)cccc1N1CCCC1. The molecule has 1 aliphatic heterocycles. The third-order valence-corrected chi connectivity index (χ3v) is 5.35. The number of benzene rings is 3. The van der Waals surface area contributed by atoms with Crippen LogP contribution in [0.4, 0.5) is 15.8 Å². The van der Waals surface area contributed by atoms with Crippen LogP contribution in [0.1, 0.15) is 29.6 Å².